The summed E-state index contributed by atoms with van der Waals surface area (Å²) in [5.74, 6) is 6.27. The molecule has 0 radical (unpaired) electrons. The van der Waals surface area contributed by atoms with Gasteiger partial charge in [-0.05, 0) is 98.3 Å². The van der Waals surface area contributed by atoms with Gasteiger partial charge in [-0.25, -0.2) is 9.97 Å². The van der Waals surface area contributed by atoms with Gasteiger partial charge in [0.25, 0.3) is 5.91 Å². The number of nitrogens with zero attached hydrogens (tertiary/aromatic N) is 2. The molecule has 11 heteroatoms. The molecule has 5 rings (SSSR count). The van der Waals surface area contributed by atoms with Crippen LogP contribution in [0.4, 0.5) is 30.4 Å². The van der Waals surface area contributed by atoms with Crippen molar-refractivity contribution in [3.05, 3.63) is 78.1 Å². The molecule has 43 heavy (non-hydrogen) atoms. The molecule has 2 N–H and O–H groups in total. The van der Waals surface area contributed by atoms with Crippen LogP contribution in [0.5, 0.6) is 11.5 Å². The molecule has 0 saturated carbocycles. The van der Waals surface area contributed by atoms with Gasteiger partial charge >= 0.3 is 6.18 Å². The Morgan fingerprint density at radius 2 is 1.86 bits per heavy atom. The fourth-order valence-electron chi connectivity index (χ4n) is 4.44. The van der Waals surface area contributed by atoms with Crippen LogP contribution in [-0.4, -0.2) is 35.4 Å². The van der Waals surface area contributed by atoms with E-state index in [2.05, 4.69) is 32.4 Å². The first-order valence-electron chi connectivity index (χ1n) is 13.8. The van der Waals surface area contributed by atoms with Gasteiger partial charge in [-0.2, -0.15) is 13.2 Å². The summed E-state index contributed by atoms with van der Waals surface area (Å²) in [5, 5.41) is 6.72. The third kappa shape index (κ3) is 8.22. The first-order chi connectivity index (χ1) is 20.7. The molecular weight excluding hydrogens is 561 g/mol. The first kappa shape index (κ1) is 29.8. The maximum absolute atomic E-state index is 12.8. The Hall–Kier alpha value is -4.66. The summed E-state index contributed by atoms with van der Waals surface area (Å²) in [4.78, 5) is 21.1. The van der Waals surface area contributed by atoms with Crippen molar-refractivity contribution in [3.63, 3.8) is 0 Å². The van der Waals surface area contributed by atoms with Gasteiger partial charge in [-0.15, -0.1) is 0 Å². The highest BCUT2D eigenvalue weighted by molar-refractivity contribution is 6.05. The molecule has 1 saturated heterocycles. The number of nitrogens with one attached hydrogen (secondary N) is 2. The number of hydrogen-bond donors (Lipinski definition) is 2. The van der Waals surface area contributed by atoms with Crippen LogP contribution < -0.4 is 15.4 Å². The number of rotatable bonds is 8. The molecule has 1 fully saturated rings. The zero-order valence-corrected chi connectivity index (χ0v) is 23.3. The second kappa shape index (κ2) is 13.5. The zero-order chi connectivity index (χ0) is 30.2. The summed E-state index contributed by atoms with van der Waals surface area (Å²) in [5.41, 5.74) is 1.93. The van der Waals surface area contributed by atoms with Gasteiger partial charge in [-0.3, -0.25) is 4.79 Å². The van der Waals surface area contributed by atoms with Crippen molar-refractivity contribution in [2.24, 2.45) is 0 Å². The molecule has 1 atom stereocenters. The van der Waals surface area contributed by atoms with Crippen molar-refractivity contribution in [1.29, 1.82) is 0 Å². The van der Waals surface area contributed by atoms with Crippen LogP contribution in [-0.2, 0) is 20.4 Å². The van der Waals surface area contributed by atoms with Crippen LogP contribution in [0.15, 0.2) is 67.0 Å². The Kier molecular flexibility index (Phi) is 9.39. The Balaban J connectivity index is 1.21. The Morgan fingerprint density at radius 1 is 1.05 bits per heavy atom. The highest BCUT2D eigenvalue weighted by Crippen LogP contribution is 2.33. The first-order valence-corrected chi connectivity index (χ1v) is 13.8. The van der Waals surface area contributed by atoms with Crippen molar-refractivity contribution in [3.8, 4) is 23.3 Å². The molecule has 8 nitrogen and oxygen atoms in total. The summed E-state index contributed by atoms with van der Waals surface area (Å²) < 4.78 is 55.5. The lowest BCUT2D eigenvalue weighted by Crippen LogP contribution is -2.22. The molecule has 4 aromatic rings. The van der Waals surface area contributed by atoms with Crippen LogP contribution in [0.3, 0.4) is 0 Å². The summed E-state index contributed by atoms with van der Waals surface area (Å²) in [6, 6.07) is 15.1. The van der Waals surface area contributed by atoms with E-state index in [1.807, 2.05) is 13.0 Å². The molecule has 2 heterocycles. The third-order valence-electron chi connectivity index (χ3n) is 6.61. The number of amides is 1. The monoisotopic (exact) mass is 590 g/mol. The summed E-state index contributed by atoms with van der Waals surface area (Å²) in [6.07, 6.45) is 0.272. The van der Waals surface area contributed by atoms with E-state index in [-0.39, 0.29) is 6.29 Å². The van der Waals surface area contributed by atoms with Crippen LogP contribution in [0.25, 0.3) is 10.9 Å². The largest absolute Gasteiger partial charge is 0.457 e. The summed E-state index contributed by atoms with van der Waals surface area (Å²) >= 11 is 0. The van der Waals surface area contributed by atoms with Gasteiger partial charge in [0.15, 0.2) is 6.29 Å². The van der Waals surface area contributed by atoms with E-state index in [4.69, 9.17) is 14.2 Å². The molecular formula is C32H29F3N4O4. The Labute approximate surface area is 246 Å². The van der Waals surface area contributed by atoms with Gasteiger partial charge < -0.3 is 24.8 Å². The number of ether oxygens (including phenoxy) is 3. The third-order valence-corrected chi connectivity index (χ3v) is 6.61. The lowest BCUT2D eigenvalue weighted by molar-refractivity contribution is -0.161. The molecule has 1 amide bonds. The fraction of sp³-hybridized carbons (Fsp3) is 0.281. The molecule has 1 aliphatic rings. The van der Waals surface area contributed by atoms with Gasteiger partial charge in [-0.1, -0.05) is 5.92 Å². The minimum absolute atomic E-state index is 0.185. The maximum atomic E-state index is 12.8. The van der Waals surface area contributed by atoms with E-state index in [1.54, 1.807) is 30.3 Å². The van der Waals surface area contributed by atoms with E-state index in [0.717, 1.165) is 37.0 Å². The highest BCUT2D eigenvalue weighted by atomic mass is 19.4. The number of halogens is 3. The van der Waals surface area contributed by atoms with Gasteiger partial charge in [0.2, 0.25) is 0 Å². The minimum atomic E-state index is -4.41. The topological polar surface area (TPSA) is 94.6 Å². The molecule has 1 aromatic heterocycles. The summed E-state index contributed by atoms with van der Waals surface area (Å²) in [6.45, 7) is 2.94. The molecule has 222 valence electrons. The number of fused-ring (bicyclic) bond motifs is 1. The molecule has 0 bridgehead atoms. The standard InChI is InChI=1S/C32H29F3N4O4/c1-21-18-23(11-15-28(21)43-25-12-8-22(9-13-25)32(33,34)35)39-31-26-19-24(10-14-27(26)36-20-37-31)38-29(40)6-2-4-16-41-30-7-3-5-17-42-30/h8-15,18-20,30H,3-5,7,16-17H2,1H3,(H,38,40)(H,36,37,39). The molecule has 1 unspecified atom stereocenters. The minimum Gasteiger partial charge on any atom is -0.457 e. The number of benzene rings is 3. The summed E-state index contributed by atoms with van der Waals surface area (Å²) in [7, 11) is 0. The predicted molar refractivity (Wildman–Crippen MR) is 156 cm³/mol. The predicted octanol–water partition coefficient (Wildman–Crippen LogP) is 7.37. The molecule has 0 aliphatic carbocycles. The number of alkyl halides is 3. The molecule has 1 aliphatic heterocycles. The number of carbonyl (C=O) groups excluding carboxylic acids is 1. The van der Waals surface area contributed by atoms with Crippen molar-refractivity contribution >= 4 is 34.0 Å². The van der Waals surface area contributed by atoms with Crippen LogP contribution in [0.2, 0.25) is 0 Å². The Morgan fingerprint density at radius 3 is 2.60 bits per heavy atom. The fourth-order valence-corrected chi connectivity index (χ4v) is 4.44. The lowest BCUT2D eigenvalue weighted by atomic mass is 10.1. The number of aryl methyl sites for hydroxylation is 1. The molecule has 0 spiro atoms. The van der Waals surface area contributed by atoms with Crippen LogP contribution in [0, 0.1) is 18.8 Å². The number of hydrogen-bond acceptors (Lipinski definition) is 7. The Bertz CT molecular complexity index is 1640. The van der Waals surface area contributed by atoms with Crippen molar-refractivity contribution in [1.82, 2.24) is 9.97 Å². The van der Waals surface area contributed by atoms with E-state index in [9.17, 15) is 18.0 Å². The van der Waals surface area contributed by atoms with E-state index < -0.39 is 17.6 Å². The smallest absolute Gasteiger partial charge is 0.416 e. The van der Waals surface area contributed by atoms with Gasteiger partial charge in [0.1, 0.15) is 23.6 Å². The van der Waals surface area contributed by atoms with Crippen LogP contribution in [0.1, 0.15) is 36.8 Å². The van der Waals surface area contributed by atoms with Crippen LogP contribution >= 0.6 is 0 Å². The lowest BCUT2D eigenvalue weighted by Gasteiger charge is -2.22. The van der Waals surface area contributed by atoms with Crippen molar-refractivity contribution < 1.29 is 32.2 Å². The molecule has 3 aromatic carbocycles. The number of carbonyl (C=O) groups is 1. The number of anilines is 3. The van der Waals surface area contributed by atoms with Crippen molar-refractivity contribution in [2.45, 2.75) is 45.1 Å². The highest BCUT2D eigenvalue weighted by Gasteiger charge is 2.30. The second-order valence-corrected chi connectivity index (χ2v) is 9.86. The zero-order valence-electron chi connectivity index (χ0n) is 23.3. The average molecular weight is 591 g/mol. The maximum Gasteiger partial charge on any atom is 0.416 e. The average Bonchev–Trinajstić information content (AvgIpc) is 2.99. The van der Waals surface area contributed by atoms with Crippen molar-refractivity contribution in [2.75, 3.05) is 23.8 Å². The second-order valence-electron chi connectivity index (χ2n) is 9.86. The SMILES string of the molecule is Cc1cc(Nc2ncnc3ccc(NC(=O)C#CCCOC4CCCCO4)cc23)ccc1Oc1ccc(C(F)(F)F)cc1. The quantitative estimate of drug-likeness (QED) is 0.163. The van der Waals surface area contributed by atoms with E-state index >= 15 is 0 Å². The normalized spacial score (nSPS) is 14.9. The van der Waals surface area contributed by atoms with E-state index in [1.165, 1.54) is 18.5 Å². The van der Waals surface area contributed by atoms with Gasteiger partial charge in [0, 0.05) is 29.8 Å². The number of aromatic nitrogens is 2. The van der Waals surface area contributed by atoms with Gasteiger partial charge in [0.05, 0.1) is 17.7 Å². The van der Waals surface area contributed by atoms with E-state index in [0.29, 0.717) is 59.2 Å².